The summed E-state index contributed by atoms with van der Waals surface area (Å²) in [7, 11) is 0. The van der Waals surface area contributed by atoms with Crippen molar-refractivity contribution >= 4 is 5.97 Å². The molecule has 1 radical (unpaired) electrons. The second kappa shape index (κ2) is 13.2. The van der Waals surface area contributed by atoms with Crippen LogP contribution >= 0.6 is 0 Å². The van der Waals surface area contributed by atoms with Gasteiger partial charge in [0.25, 0.3) is 0 Å². The first-order valence-electron chi connectivity index (χ1n) is 9.28. The lowest BCUT2D eigenvalue weighted by molar-refractivity contribution is -0.144. The van der Waals surface area contributed by atoms with Gasteiger partial charge in [0.15, 0.2) is 0 Å². The maximum absolute atomic E-state index is 11.7. The van der Waals surface area contributed by atoms with Gasteiger partial charge < -0.3 is 4.74 Å². The van der Waals surface area contributed by atoms with E-state index in [1.165, 1.54) is 64.2 Å². The first-order valence-corrected chi connectivity index (χ1v) is 9.28. The molecule has 0 bridgehead atoms. The molecule has 1 aliphatic rings. The summed E-state index contributed by atoms with van der Waals surface area (Å²) in [5, 5.41) is 0. The fourth-order valence-corrected chi connectivity index (χ4v) is 3.22. The molecular weight excluding hydrogens is 260 g/mol. The fourth-order valence-electron chi connectivity index (χ4n) is 3.22. The molecule has 21 heavy (non-hydrogen) atoms. The summed E-state index contributed by atoms with van der Waals surface area (Å²) in [5.74, 6) is 0.815. The van der Waals surface area contributed by atoms with Gasteiger partial charge in [0.2, 0.25) is 0 Å². The van der Waals surface area contributed by atoms with Crippen LogP contribution in [0.5, 0.6) is 0 Å². The third-order valence-electron chi connectivity index (χ3n) is 4.64. The third-order valence-corrected chi connectivity index (χ3v) is 4.64. The van der Waals surface area contributed by atoms with E-state index in [0.29, 0.717) is 13.0 Å². The molecule has 123 valence electrons. The normalized spacial score (nSPS) is 16.6. The molecule has 0 N–H and O–H groups in total. The Labute approximate surface area is 132 Å². The van der Waals surface area contributed by atoms with Gasteiger partial charge in [0.05, 0.1) is 6.61 Å². The van der Waals surface area contributed by atoms with Crippen molar-refractivity contribution in [1.29, 1.82) is 0 Å². The van der Waals surface area contributed by atoms with Crippen LogP contribution in [0, 0.1) is 12.8 Å². The maximum atomic E-state index is 11.7. The van der Waals surface area contributed by atoms with E-state index in [4.69, 9.17) is 4.74 Å². The van der Waals surface area contributed by atoms with Crippen LogP contribution in [-0.4, -0.2) is 12.6 Å². The van der Waals surface area contributed by atoms with Crippen LogP contribution in [-0.2, 0) is 9.53 Å². The Morgan fingerprint density at radius 2 is 1.52 bits per heavy atom. The minimum absolute atomic E-state index is 0.0152. The third kappa shape index (κ3) is 10.8. The lowest BCUT2D eigenvalue weighted by atomic mass is 9.97. The highest BCUT2D eigenvalue weighted by Gasteiger charge is 2.12. The van der Waals surface area contributed by atoms with E-state index in [2.05, 4.69) is 6.92 Å². The molecule has 1 rings (SSSR count). The SMILES string of the molecule is [CH2]CCCCCCCCC(=O)OCCC1CCCCCC1. The lowest BCUT2D eigenvalue weighted by Gasteiger charge is -2.13. The van der Waals surface area contributed by atoms with Crippen LogP contribution in [0.3, 0.4) is 0 Å². The quantitative estimate of drug-likeness (QED) is 0.272. The second-order valence-corrected chi connectivity index (χ2v) is 6.59. The number of hydrogen-bond acceptors (Lipinski definition) is 2. The monoisotopic (exact) mass is 295 g/mol. The molecule has 2 nitrogen and oxygen atoms in total. The first-order chi connectivity index (χ1) is 10.3. The smallest absolute Gasteiger partial charge is 0.305 e. The zero-order valence-electron chi connectivity index (χ0n) is 13.9. The zero-order valence-corrected chi connectivity index (χ0v) is 13.9. The molecule has 2 heteroatoms. The van der Waals surface area contributed by atoms with Crippen molar-refractivity contribution in [2.24, 2.45) is 5.92 Å². The van der Waals surface area contributed by atoms with Gasteiger partial charge in [-0.25, -0.2) is 0 Å². The number of unbranched alkanes of at least 4 members (excludes halogenated alkanes) is 6. The molecule has 0 aromatic rings. The summed E-state index contributed by atoms with van der Waals surface area (Å²) in [6.45, 7) is 4.49. The number of rotatable bonds is 11. The van der Waals surface area contributed by atoms with Crippen molar-refractivity contribution < 1.29 is 9.53 Å². The Kier molecular flexibility index (Phi) is 11.6. The average Bonchev–Trinajstić information content (AvgIpc) is 2.75. The Morgan fingerprint density at radius 3 is 2.19 bits per heavy atom. The Bertz CT molecular complexity index is 242. The van der Waals surface area contributed by atoms with E-state index in [1.807, 2.05) is 0 Å². The molecule has 1 aliphatic carbocycles. The standard InChI is InChI=1S/C19H35O2/c1-2-3-4-5-6-7-12-15-19(20)21-17-16-18-13-10-8-9-11-14-18/h18H,1-17H2. The van der Waals surface area contributed by atoms with Crippen LogP contribution in [0.15, 0.2) is 0 Å². The first kappa shape index (κ1) is 18.5. The van der Waals surface area contributed by atoms with Crippen molar-refractivity contribution in [1.82, 2.24) is 0 Å². The fraction of sp³-hybridized carbons (Fsp3) is 0.895. The lowest BCUT2D eigenvalue weighted by Crippen LogP contribution is -2.09. The molecule has 0 saturated heterocycles. The minimum Gasteiger partial charge on any atom is -0.466 e. The van der Waals surface area contributed by atoms with E-state index in [-0.39, 0.29) is 5.97 Å². The molecule has 0 spiro atoms. The number of ether oxygens (including phenoxy) is 1. The van der Waals surface area contributed by atoms with Gasteiger partial charge in [-0.1, -0.05) is 84.0 Å². The molecular formula is C19H35O2. The highest BCUT2D eigenvalue weighted by molar-refractivity contribution is 5.69. The van der Waals surface area contributed by atoms with Crippen LogP contribution in [0.2, 0.25) is 0 Å². The second-order valence-electron chi connectivity index (χ2n) is 6.59. The minimum atomic E-state index is 0.0152. The molecule has 0 aromatic heterocycles. The molecule has 1 fully saturated rings. The number of hydrogen-bond donors (Lipinski definition) is 0. The van der Waals surface area contributed by atoms with Crippen LogP contribution in [0.1, 0.15) is 96.3 Å². The largest absolute Gasteiger partial charge is 0.466 e. The van der Waals surface area contributed by atoms with Crippen molar-refractivity contribution in [2.75, 3.05) is 6.61 Å². The Hall–Kier alpha value is -0.530. The van der Waals surface area contributed by atoms with E-state index >= 15 is 0 Å². The highest BCUT2D eigenvalue weighted by Crippen LogP contribution is 2.25. The highest BCUT2D eigenvalue weighted by atomic mass is 16.5. The predicted octanol–water partition coefficient (Wildman–Crippen LogP) is 5.84. The van der Waals surface area contributed by atoms with E-state index in [1.54, 1.807) is 0 Å². The van der Waals surface area contributed by atoms with Gasteiger partial charge in [-0.15, -0.1) is 0 Å². The molecule has 0 atom stereocenters. The summed E-state index contributed by atoms with van der Waals surface area (Å²) in [6, 6.07) is 0. The van der Waals surface area contributed by atoms with Crippen molar-refractivity contribution in [3.63, 3.8) is 0 Å². The van der Waals surface area contributed by atoms with Gasteiger partial charge in [0, 0.05) is 6.42 Å². The van der Waals surface area contributed by atoms with Crippen molar-refractivity contribution in [3.8, 4) is 0 Å². The number of esters is 1. The molecule has 0 unspecified atom stereocenters. The molecule has 1 saturated carbocycles. The van der Waals surface area contributed by atoms with Crippen LogP contribution < -0.4 is 0 Å². The predicted molar refractivity (Wildman–Crippen MR) is 89.1 cm³/mol. The average molecular weight is 295 g/mol. The van der Waals surface area contributed by atoms with Gasteiger partial charge >= 0.3 is 5.97 Å². The van der Waals surface area contributed by atoms with Gasteiger partial charge in [0.1, 0.15) is 0 Å². The molecule has 0 heterocycles. The topological polar surface area (TPSA) is 26.3 Å². The van der Waals surface area contributed by atoms with Crippen molar-refractivity contribution in [2.45, 2.75) is 96.3 Å². The number of carbonyl (C=O) groups is 1. The summed E-state index contributed by atoms with van der Waals surface area (Å²) < 4.78 is 5.38. The van der Waals surface area contributed by atoms with E-state index in [0.717, 1.165) is 31.6 Å². The zero-order chi connectivity index (χ0) is 15.2. The molecule has 0 aliphatic heterocycles. The summed E-state index contributed by atoms with van der Waals surface area (Å²) in [5.41, 5.74) is 0. The van der Waals surface area contributed by atoms with Crippen LogP contribution in [0.4, 0.5) is 0 Å². The van der Waals surface area contributed by atoms with Gasteiger partial charge in [-0.3, -0.25) is 4.79 Å². The van der Waals surface area contributed by atoms with Crippen molar-refractivity contribution in [3.05, 3.63) is 6.92 Å². The molecule has 0 aromatic carbocycles. The number of carbonyl (C=O) groups excluding carboxylic acids is 1. The van der Waals surface area contributed by atoms with E-state index in [9.17, 15) is 4.79 Å². The maximum Gasteiger partial charge on any atom is 0.305 e. The van der Waals surface area contributed by atoms with Crippen LogP contribution in [0.25, 0.3) is 0 Å². The van der Waals surface area contributed by atoms with Gasteiger partial charge in [-0.05, 0) is 18.8 Å². The van der Waals surface area contributed by atoms with E-state index < -0.39 is 0 Å². The molecule has 0 amide bonds. The van der Waals surface area contributed by atoms with Gasteiger partial charge in [-0.2, -0.15) is 0 Å². The summed E-state index contributed by atoms with van der Waals surface area (Å²) in [6.07, 6.45) is 18.1. The Morgan fingerprint density at radius 1 is 0.905 bits per heavy atom. The Balaban J connectivity index is 1.89. The summed E-state index contributed by atoms with van der Waals surface area (Å²) in [4.78, 5) is 11.7. The summed E-state index contributed by atoms with van der Waals surface area (Å²) >= 11 is 0.